The average Bonchev–Trinajstić information content (AvgIpc) is 2.27. The lowest BCUT2D eigenvalue weighted by Crippen LogP contribution is -2.10. The Balaban J connectivity index is 2.96. The van der Waals surface area contributed by atoms with Crippen molar-refractivity contribution in [1.29, 1.82) is 5.41 Å². The maximum atomic E-state index is 7.26. The van der Waals surface area contributed by atoms with Crippen molar-refractivity contribution >= 4 is 5.84 Å². The molecule has 0 saturated carbocycles. The topological polar surface area (TPSA) is 59.1 Å². The molecule has 3 heteroatoms. The second-order valence-corrected chi connectivity index (χ2v) is 2.96. The number of amidine groups is 1. The van der Waals surface area contributed by atoms with Crippen molar-refractivity contribution in [1.82, 2.24) is 0 Å². The van der Waals surface area contributed by atoms with Gasteiger partial charge in [-0.2, -0.15) is 0 Å². The van der Waals surface area contributed by atoms with Crippen molar-refractivity contribution < 1.29 is 4.74 Å². The molecule has 1 atom stereocenters. The van der Waals surface area contributed by atoms with Gasteiger partial charge in [0.15, 0.2) is 0 Å². The van der Waals surface area contributed by atoms with Crippen LogP contribution in [0.5, 0.6) is 0 Å². The normalized spacial score (nSPS) is 21.5. The molecule has 0 aromatic heterocycles. The zero-order valence-electron chi connectivity index (χ0n) is 7.87. The molecule has 0 aromatic carbocycles. The number of rotatable bonds is 2. The third-order valence-corrected chi connectivity index (χ3v) is 1.99. The summed E-state index contributed by atoms with van der Waals surface area (Å²) in [5.74, 6) is 1.20. The van der Waals surface area contributed by atoms with E-state index in [4.69, 9.17) is 15.9 Å². The van der Waals surface area contributed by atoms with E-state index in [1.54, 1.807) is 13.2 Å². The Morgan fingerprint density at radius 3 is 2.77 bits per heavy atom. The van der Waals surface area contributed by atoms with Gasteiger partial charge < -0.3 is 10.5 Å². The third kappa shape index (κ3) is 2.21. The molecule has 0 amide bonds. The second kappa shape index (κ2) is 3.94. The van der Waals surface area contributed by atoms with E-state index < -0.39 is 0 Å². The van der Waals surface area contributed by atoms with E-state index in [2.05, 4.69) is 0 Å². The molecular weight excluding hydrogens is 164 g/mol. The lowest BCUT2D eigenvalue weighted by Gasteiger charge is -2.08. The summed E-state index contributed by atoms with van der Waals surface area (Å²) in [6.07, 6.45) is 7.45. The smallest absolute Gasteiger partial charge is 0.122 e. The molecule has 3 nitrogen and oxygen atoms in total. The van der Waals surface area contributed by atoms with E-state index in [0.717, 1.165) is 11.3 Å². The predicted molar refractivity (Wildman–Crippen MR) is 53.4 cm³/mol. The molecule has 0 fully saturated rings. The first-order chi connectivity index (χ1) is 6.15. The van der Waals surface area contributed by atoms with Crippen LogP contribution >= 0.6 is 0 Å². The van der Waals surface area contributed by atoms with Crippen LogP contribution in [0.15, 0.2) is 35.6 Å². The number of hydrogen-bond donors (Lipinski definition) is 2. The number of allylic oxidation sites excluding steroid dienone is 3. The summed E-state index contributed by atoms with van der Waals surface area (Å²) in [5.41, 5.74) is 6.08. The molecule has 3 N–H and O–H groups in total. The van der Waals surface area contributed by atoms with E-state index in [9.17, 15) is 0 Å². The summed E-state index contributed by atoms with van der Waals surface area (Å²) in [5, 5.41) is 7.26. The highest BCUT2D eigenvalue weighted by molar-refractivity contribution is 5.97. The fraction of sp³-hybridized carbons (Fsp3) is 0.300. The standard InChI is InChI=1S/C10H14N2O/c1-7-3-4-8(10(11)12)5-6-9(7)13-2/h3-7H,1-2H3,(H3,11,12). The molecule has 0 saturated heterocycles. The van der Waals surface area contributed by atoms with Gasteiger partial charge in [0.25, 0.3) is 0 Å². The quantitative estimate of drug-likeness (QED) is 0.498. The first-order valence-electron chi connectivity index (χ1n) is 4.13. The van der Waals surface area contributed by atoms with Crippen LogP contribution in [0.3, 0.4) is 0 Å². The Kier molecular flexibility index (Phi) is 2.90. The maximum absolute atomic E-state index is 7.26. The number of methoxy groups -OCH3 is 1. The van der Waals surface area contributed by atoms with E-state index in [-0.39, 0.29) is 11.8 Å². The van der Waals surface area contributed by atoms with Crippen molar-refractivity contribution in [3.05, 3.63) is 35.6 Å². The van der Waals surface area contributed by atoms with E-state index >= 15 is 0 Å². The lowest BCUT2D eigenvalue weighted by molar-refractivity contribution is 0.262. The van der Waals surface area contributed by atoms with Crippen LogP contribution in [0.4, 0.5) is 0 Å². The molecule has 0 radical (unpaired) electrons. The number of nitrogens with one attached hydrogen (secondary N) is 1. The summed E-state index contributed by atoms with van der Waals surface area (Å²) >= 11 is 0. The van der Waals surface area contributed by atoms with Crippen LogP contribution < -0.4 is 5.73 Å². The highest BCUT2D eigenvalue weighted by Gasteiger charge is 2.08. The Labute approximate surface area is 78.1 Å². The van der Waals surface area contributed by atoms with Gasteiger partial charge in [-0.15, -0.1) is 0 Å². The molecule has 1 aliphatic rings. The van der Waals surface area contributed by atoms with Gasteiger partial charge in [0.2, 0.25) is 0 Å². The van der Waals surface area contributed by atoms with Crippen LogP contribution in [0, 0.1) is 11.3 Å². The SMILES string of the molecule is COC1=CC=C(C(=N)N)C=CC1C. The Bertz CT molecular complexity index is 300. The lowest BCUT2D eigenvalue weighted by atomic mass is 10.1. The van der Waals surface area contributed by atoms with Crippen molar-refractivity contribution in [2.45, 2.75) is 6.92 Å². The van der Waals surface area contributed by atoms with Crippen molar-refractivity contribution in [2.75, 3.05) is 7.11 Å². The van der Waals surface area contributed by atoms with Gasteiger partial charge in [-0.25, -0.2) is 0 Å². The molecule has 0 aliphatic heterocycles. The average molecular weight is 178 g/mol. The van der Waals surface area contributed by atoms with E-state index in [0.29, 0.717) is 0 Å². The van der Waals surface area contributed by atoms with E-state index in [1.807, 2.05) is 25.2 Å². The molecule has 0 spiro atoms. The monoisotopic (exact) mass is 178 g/mol. The van der Waals surface area contributed by atoms with Crippen molar-refractivity contribution in [2.24, 2.45) is 11.7 Å². The Morgan fingerprint density at radius 2 is 2.23 bits per heavy atom. The molecule has 13 heavy (non-hydrogen) atoms. The highest BCUT2D eigenvalue weighted by atomic mass is 16.5. The minimum absolute atomic E-state index is 0.0806. The largest absolute Gasteiger partial charge is 0.500 e. The first kappa shape index (κ1) is 9.58. The Hall–Kier alpha value is -1.51. The van der Waals surface area contributed by atoms with Crippen LogP contribution in [0.2, 0.25) is 0 Å². The summed E-state index contributed by atoms with van der Waals surface area (Å²) in [6.45, 7) is 2.03. The van der Waals surface area contributed by atoms with Crippen LogP contribution in [-0.4, -0.2) is 12.9 Å². The zero-order valence-corrected chi connectivity index (χ0v) is 7.87. The van der Waals surface area contributed by atoms with Crippen molar-refractivity contribution in [3.63, 3.8) is 0 Å². The molecule has 1 aliphatic carbocycles. The van der Waals surface area contributed by atoms with Gasteiger partial charge in [0, 0.05) is 11.5 Å². The minimum Gasteiger partial charge on any atom is -0.500 e. The minimum atomic E-state index is 0.0806. The van der Waals surface area contributed by atoms with Gasteiger partial charge in [-0.3, -0.25) is 5.41 Å². The number of hydrogen-bond acceptors (Lipinski definition) is 2. The number of nitrogens with two attached hydrogens (primary N) is 1. The van der Waals surface area contributed by atoms with Crippen LogP contribution in [-0.2, 0) is 4.74 Å². The summed E-state index contributed by atoms with van der Waals surface area (Å²) in [6, 6.07) is 0. The van der Waals surface area contributed by atoms with Gasteiger partial charge in [-0.1, -0.05) is 19.1 Å². The third-order valence-electron chi connectivity index (χ3n) is 1.99. The molecule has 0 heterocycles. The fourth-order valence-corrected chi connectivity index (χ4v) is 1.16. The molecule has 0 bridgehead atoms. The molecule has 70 valence electrons. The number of ether oxygens (including phenoxy) is 1. The van der Waals surface area contributed by atoms with Crippen molar-refractivity contribution in [3.8, 4) is 0 Å². The molecular formula is C10H14N2O. The molecule has 0 aromatic rings. The first-order valence-corrected chi connectivity index (χ1v) is 4.13. The van der Waals surface area contributed by atoms with Crippen LogP contribution in [0.1, 0.15) is 6.92 Å². The van der Waals surface area contributed by atoms with Gasteiger partial charge in [0.05, 0.1) is 7.11 Å². The summed E-state index contributed by atoms with van der Waals surface area (Å²) < 4.78 is 5.17. The maximum Gasteiger partial charge on any atom is 0.122 e. The summed E-state index contributed by atoms with van der Waals surface area (Å²) in [4.78, 5) is 0. The second-order valence-electron chi connectivity index (χ2n) is 2.96. The van der Waals surface area contributed by atoms with E-state index in [1.165, 1.54) is 0 Å². The zero-order chi connectivity index (χ0) is 9.84. The molecule has 1 rings (SSSR count). The highest BCUT2D eigenvalue weighted by Crippen LogP contribution is 2.17. The fourth-order valence-electron chi connectivity index (χ4n) is 1.16. The Morgan fingerprint density at radius 1 is 1.54 bits per heavy atom. The van der Waals surface area contributed by atoms with Gasteiger partial charge in [0.1, 0.15) is 11.6 Å². The van der Waals surface area contributed by atoms with Crippen LogP contribution in [0.25, 0.3) is 0 Å². The van der Waals surface area contributed by atoms with Gasteiger partial charge in [-0.05, 0) is 12.2 Å². The summed E-state index contributed by atoms with van der Waals surface area (Å²) in [7, 11) is 1.64. The van der Waals surface area contributed by atoms with Gasteiger partial charge >= 0.3 is 0 Å². The molecule has 1 unspecified atom stereocenters. The predicted octanol–water partition coefficient (Wildman–Crippen LogP) is 1.58.